The second kappa shape index (κ2) is 4.35. The van der Waals surface area contributed by atoms with Gasteiger partial charge >= 0.3 is 0 Å². The van der Waals surface area contributed by atoms with E-state index in [9.17, 15) is 9.32 Å². The fourth-order valence-electron chi connectivity index (χ4n) is 3.22. The van der Waals surface area contributed by atoms with E-state index >= 15 is 0 Å². The van der Waals surface area contributed by atoms with Crippen LogP contribution in [0.2, 0.25) is 0 Å². The van der Waals surface area contributed by atoms with Crippen LogP contribution in [-0.2, 0) is 16.4 Å². The summed E-state index contributed by atoms with van der Waals surface area (Å²) >= 11 is 0. The Bertz CT molecular complexity index is 452. The van der Waals surface area contributed by atoms with Gasteiger partial charge in [0.25, 0.3) is 0 Å². The van der Waals surface area contributed by atoms with Crippen LogP contribution in [0.1, 0.15) is 31.2 Å². The van der Waals surface area contributed by atoms with Crippen molar-refractivity contribution in [3.63, 3.8) is 0 Å². The molecule has 2 aliphatic rings. The highest BCUT2D eigenvalue weighted by molar-refractivity contribution is 7.86. The van der Waals surface area contributed by atoms with Gasteiger partial charge in [-0.2, -0.15) is 0 Å². The maximum absolute atomic E-state index is 12.0. The normalized spacial score (nSPS) is 38.7. The monoisotopic (exact) mass is 266 g/mol. The Hall–Kier alpha value is -0.870. The first kappa shape index (κ1) is 12.2. The maximum atomic E-state index is 12.0. The lowest BCUT2D eigenvalue weighted by Gasteiger charge is -2.36. The third kappa shape index (κ3) is 1.88. The average Bonchev–Trinajstić information content (AvgIpc) is 2.63. The molecule has 18 heavy (non-hydrogen) atoms. The predicted octanol–water partition coefficient (Wildman–Crippen LogP) is 1.96. The van der Waals surface area contributed by atoms with Crippen molar-refractivity contribution in [1.29, 1.82) is 0 Å². The summed E-state index contributed by atoms with van der Waals surface area (Å²) < 4.78 is 17.1. The molecule has 0 amide bonds. The minimum atomic E-state index is -0.800. The quantitative estimate of drug-likeness (QED) is 0.890. The number of benzene rings is 1. The molecule has 2 saturated heterocycles. The van der Waals surface area contributed by atoms with E-state index in [0.29, 0.717) is 12.8 Å². The lowest BCUT2D eigenvalue weighted by molar-refractivity contribution is 0.0184. The summed E-state index contributed by atoms with van der Waals surface area (Å²) in [5.74, 6) is 0.796. The Morgan fingerprint density at radius 3 is 2.28 bits per heavy atom. The van der Waals surface area contributed by atoms with Gasteiger partial charge in [-0.05, 0) is 43.4 Å². The molecule has 2 unspecified atom stereocenters. The van der Waals surface area contributed by atoms with Gasteiger partial charge in [-0.3, -0.25) is 4.21 Å². The topological polar surface area (TPSA) is 46.5 Å². The van der Waals surface area contributed by atoms with E-state index in [2.05, 4.69) is 0 Å². The zero-order valence-corrected chi connectivity index (χ0v) is 11.3. The molecule has 2 atom stereocenters. The van der Waals surface area contributed by atoms with Crippen molar-refractivity contribution in [3.8, 4) is 5.75 Å². The molecule has 1 aromatic rings. The lowest BCUT2D eigenvalue weighted by Crippen LogP contribution is -2.40. The van der Waals surface area contributed by atoms with E-state index < -0.39 is 16.4 Å². The summed E-state index contributed by atoms with van der Waals surface area (Å²) in [5.41, 5.74) is 0.128. The first-order chi connectivity index (χ1) is 8.62. The first-order valence-corrected chi connectivity index (χ1v) is 7.66. The van der Waals surface area contributed by atoms with Crippen LogP contribution in [0.25, 0.3) is 0 Å². The van der Waals surface area contributed by atoms with Crippen LogP contribution < -0.4 is 4.74 Å². The predicted molar refractivity (Wildman–Crippen MR) is 71.1 cm³/mol. The smallest absolute Gasteiger partial charge is 0.118 e. The Labute approximate surface area is 110 Å². The molecule has 0 aliphatic carbocycles. The molecule has 1 aromatic carbocycles. The average molecular weight is 266 g/mol. The van der Waals surface area contributed by atoms with Crippen molar-refractivity contribution in [1.82, 2.24) is 0 Å². The van der Waals surface area contributed by atoms with Crippen LogP contribution >= 0.6 is 0 Å². The summed E-state index contributed by atoms with van der Waals surface area (Å²) in [6.07, 6.45) is 3.25. The summed E-state index contributed by atoms with van der Waals surface area (Å²) in [7, 11) is 0.903. The Morgan fingerprint density at radius 2 is 1.78 bits per heavy atom. The highest BCUT2D eigenvalue weighted by Crippen LogP contribution is 2.45. The van der Waals surface area contributed by atoms with Gasteiger partial charge in [0, 0.05) is 21.3 Å². The van der Waals surface area contributed by atoms with Gasteiger partial charge in [0.05, 0.1) is 12.7 Å². The molecular formula is C14H18O3S. The number of hydrogen-bond donors (Lipinski definition) is 1. The molecule has 0 spiro atoms. The van der Waals surface area contributed by atoms with Gasteiger partial charge in [-0.1, -0.05) is 12.1 Å². The van der Waals surface area contributed by atoms with E-state index in [1.807, 2.05) is 24.3 Å². The molecule has 0 saturated carbocycles. The fraction of sp³-hybridized carbons (Fsp3) is 0.571. The van der Waals surface area contributed by atoms with Crippen LogP contribution in [0, 0.1) is 0 Å². The van der Waals surface area contributed by atoms with Crippen molar-refractivity contribution in [2.24, 2.45) is 0 Å². The Morgan fingerprint density at radius 1 is 1.22 bits per heavy atom. The number of fused-ring (bicyclic) bond motifs is 2. The molecule has 3 nitrogen and oxygen atoms in total. The van der Waals surface area contributed by atoms with E-state index in [1.54, 1.807) is 7.11 Å². The van der Waals surface area contributed by atoms with E-state index in [-0.39, 0.29) is 10.5 Å². The summed E-state index contributed by atoms with van der Waals surface area (Å²) in [5, 5.41) is 11.2. The maximum Gasteiger partial charge on any atom is 0.118 e. The number of methoxy groups -OCH3 is 1. The highest BCUT2D eigenvalue weighted by Gasteiger charge is 2.48. The second-order valence-electron chi connectivity index (χ2n) is 5.32. The summed E-state index contributed by atoms with van der Waals surface area (Å²) in [4.78, 5) is 0. The van der Waals surface area contributed by atoms with Crippen LogP contribution in [-0.4, -0.2) is 26.9 Å². The number of ether oxygens (including phenoxy) is 1. The zero-order valence-electron chi connectivity index (χ0n) is 10.5. The fourth-order valence-corrected chi connectivity index (χ4v) is 5.38. The largest absolute Gasteiger partial charge is 0.497 e. The number of rotatable bonds is 2. The van der Waals surface area contributed by atoms with Gasteiger partial charge in [-0.15, -0.1) is 0 Å². The van der Waals surface area contributed by atoms with Crippen molar-refractivity contribution in [2.75, 3.05) is 7.11 Å². The van der Waals surface area contributed by atoms with Gasteiger partial charge in [0.1, 0.15) is 5.75 Å². The molecule has 0 radical (unpaired) electrons. The Kier molecular flexibility index (Phi) is 2.94. The SMILES string of the molecule is COc1ccc(C2(O)CC3CCC(C2)S3=O)cc1. The minimum Gasteiger partial charge on any atom is -0.497 e. The molecule has 3 rings (SSSR count). The van der Waals surface area contributed by atoms with E-state index in [4.69, 9.17) is 4.74 Å². The molecule has 2 aliphatic heterocycles. The van der Waals surface area contributed by atoms with Gasteiger partial charge in [0.2, 0.25) is 0 Å². The molecule has 98 valence electrons. The third-order valence-corrected chi connectivity index (χ3v) is 6.34. The second-order valence-corrected chi connectivity index (χ2v) is 7.31. The number of aliphatic hydroxyl groups is 1. The summed E-state index contributed by atoms with van der Waals surface area (Å²) in [6.45, 7) is 0. The summed E-state index contributed by atoms with van der Waals surface area (Å²) in [6, 6.07) is 7.60. The third-order valence-electron chi connectivity index (χ3n) is 4.23. The van der Waals surface area contributed by atoms with Gasteiger partial charge in [0.15, 0.2) is 0 Å². The van der Waals surface area contributed by atoms with Crippen molar-refractivity contribution >= 4 is 10.8 Å². The lowest BCUT2D eigenvalue weighted by atomic mass is 9.86. The van der Waals surface area contributed by atoms with Crippen molar-refractivity contribution in [3.05, 3.63) is 29.8 Å². The van der Waals surface area contributed by atoms with E-state index in [0.717, 1.165) is 24.2 Å². The van der Waals surface area contributed by atoms with Crippen molar-refractivity contribution in [2.45, 2.75) is 41.8 Å². The first-order valence-electron chi connectivity index (χ1n) is 6.39. The van der Waals surface area contributed by atoms with Gasteiger partial charge < -0.3 is 9.84 Å². The van der Waals surface area contributed by atoms with Crippen LogP contribution in [0.5, 0.6) is 5.75 Å². The van der Waals surface area contributed by atoms with E-state index in [1.165, 1.54) is 0 Å². The standard InChI is InChI=1S/C14H18O3S/c1-17-11-4-2-10(3-5-11)14(15)8-12-6-7-13(9-14)18(12)16/h2-5,12-13,15H,6-9H2,1H3. The zero-order chi connectivity index (χ0) is 12.8. The number of hydrogen-bond acceptors (Lipinski definition) is 3. The highest BCUT2D eigenvalue weighted by atomic mass is 32.2. The van der Waals surface area contributed by atoms with Crippen molar-refractivity contribution < 1.29 is 14.1 Å². The molecular weight excluding hydrogens is 248 g/mol. The van der Waals surface area contributed by atoms with Crippen LogP contribution in [0.4, 0.5) is 0 Å². The van der Waals surface area contributed by atoms with Crippen LogP contribution in [0.15, 0.2) is 24.3 Å². The molecule has 2 bridgehead atoms. The molecule has 2 heterocycles. The molecule has 0 aromatic heterocycles. The minimum absolute atomic E-state index is 0.177. The van der Waals surface area contributed by atoms with Crippen LogP contribution in [0.3, 0.4) is 0 Å². The molecule has 4 heteroatoms. The Balaban J connectivity index is 1.88. The van der Waals surface area contributed by atoms with Gasteiger partial charge in [-0.25, -0.2) is 0 Å². The molecule has 1 N–H and O–H groups in total. The molecule has 2 fully saturated rings.